The molecule has 21 heavy (non-hydrogen) atoms. The van der Waals surface area contributed by atoms with Crippen LogP contribution in [-0.4, -0.2) is 51.9 Å². The second-order valence-corrected chi connectivity index (χ2v) is 6.18. The monoisotopic (exact) mass is 317 g/mol. The summed E-state index contributed by atoms with van der Waals surface area (Å²) in [6.07, 6.45) is 2.60. The van der Waals surface area contributed by atoms with Gasteiger partial charge >= 0.3 is 0 Å². The van der Waals surface area contributed by atoms with Crippen molar-refractivity contribution >= 4 is 12.4 Å². The Hall–Kier alpha value is -0.720. The number of hydrogen-bond donors (Lipinski definition) is 0. The topological polar surface area (TPSA) is 56.1 Å². The van der Waals surface area contributed by atoms with E-state index >= 15 is 0 Å². The van der Waals surface area contributed by atoms with Crippen molar-refractivity contribution in [3.8, 4) is 0 Å². The first kappa shape index (κ1) is 18.3. The van der Waals surface area contributed by atoms with E-state index < -0.39 is 0 Å². The van der Waals surface area contributed by atoms with Crippen LogP contribution in [0.1, 0.15) is 45.5 Å². The fourth-order valence-electron chi connectivity index (χ4n) is 3.12. The third-order valence-corrected chi connectivity index (χ3v) is 4.04. The van der Waals surface area contributed by atoms with Gasteiger partial charge in [0.25, 0.3) is 0 Å². The Morgan fingerprint density at radius 1 is 1.38 bits per heavy atom. The van der Waals surface area contributed by atoms with Crippen molar-refractivity contribution in [3.63, 3.8) is 0 Å². The van der Waals surface area contributed by atoms with Crippen LogP contribution in [0.5, 0.6) is 0 Å². The smallest absolute Gasteiger partial charge is 0.168 e. The minimum Gasteiger partial charge on any atom is -0.383 e. The van der Waals surface area contributed by atoms with E-state index in [0.29, 0.717) is 25.1 Å². The summed E-state index contributed by atoms with van der Waals surface area (Å²) < 4.78 is 7.04. The molecule has 0 bridgehead atoms. The highest BCUT2D eigenvalue weighted by atomic mass is 35.5. The Morgan fingerprint density at radius 3 is 2.76 bits per heavy atom. The average molecular weight is 318 g/mol. The van der Waals surface area contributed by atoms with Gasteiger partial charge in [0.2, 0.25) is 0 Å². The second-order valence-electron chi connectivity index (χ2n) is 6.18. The number of piperidine rings is 1. The molecule has 0 spiro atoms. The Labute approximate surface area is 133 Å². The maximum absolute atomic E-state index is 5.14. The van der Waals surface area contributed by atoms with Crippen LogP contribution in [0, 0.1) is 11.8 Å². The molecule has 0 radical (unpaired) electrons. The van der Waals surface area contributed by atoms with E-state index in [0.717, 1.165) is 24.8 Å². The first-order valence-electron chi connectivity index (χ1n) is 7.62. The Balaban J connectivity index is 0.00000220. The lowest BCUT2D eigenvalue weighted by Gasteiger charge is -2.38. The van der Waals surface area contributed by atoms with Crippen molar-refractivity contribution in [2.45, 2.75) is 46.2 Å². The highest BCUT2D eigenvalue weighted by Crippen LogP contribution is 2.30. The SMILES string of the molecule is COCCn1nnnc1C(C(C)C)N1CCCC(C)C1.Cl. The zero-order valence-electron chi connectivity index (χ0n) is 13.5. The van der Waals surface area contributed by atoms with Crippen LogP contribution in [0.2, 0.25) is 0 Å². The number of tetrazole rings is 1. The molecule has 7 heteroatoms. The number of rotatable bonds is 6. The molecule has 1 aliphatic heterocycles. The van der Waals surface area contributed by atoms with Crippen molar-refractivity contribution < 1.29 is 4.74 Å². The third-order valence-electron chi connectivity index (χ3n) is 4.04. The van der Waals surface area contributed by atoms with Crippen molar-refractivity contribution in [2.75, 3.05) is 26.8 Å². The van der Waals surface area contributed by atoms with Crippen LogP contribution in [0.4, 0.5) is 0 Å². The molecule has 2 atom stereocenters. The Bertz CT molecular complexity index is 412. The predicted octanol–water partition coefficient (Wildman–Crippen LogP) is 2.17. The van der Waals surface area contributed by atoms with Crippen LogP contribution in [0.15, 0.2) is 0 Å². The van der Waals surface area contributed by atoms with Gasteiger partial charge in [-0.3, -0.25) is 4.90 Å². The summed E-state index contributed by atoms with van der Waals surface area (Å²) in [5.74, 6) is 2.23. The van der Waals surface area contributed by atoms with Gasteiger partial charge in [-0.25, -0.2) is 4.68 Å². The number of hydrogen-bond acceptors (Lipinski definition) is 5. The molecule has 2 unspecified atom stereocenters. The molecular formula is C14H28ClN5O. The van der Waals surface area contributed by atoms with Crippen LogP contribution in [0.3, 0.4) is 0 Å². The molecule has 1 fully saturated rings. The van der Waals surface area contributed by atoms with Crippen LogP contribution >= 0.6 is 12.4 Å². The molecule has 1 aromatic heterocycles. The van der Waals surface area contributed by atoms with Crippen molar-refractivity contribution in [3.05, 3.63) is 5.82 Å². The fraction of sp³-hybridized carbons (Fsp3) is 0.929. The summed E-state index contributed by atoms with van der Waals surface area (Å²) in [6.45, 7) is 10.5. The Morgan fingerprint density at radius 2 is 2.14 bits per heavy atom. The average Bonchev–Trinajstić information content (AvgIpc) is 2.84. The van der Waals surface area contributed by atoms with Gasteiger partial charge < -0.3 is 4.74 Å². The van der Waals surface area contributed by atoms with Gasteiger partial charge in [-0.1, -0.05) is 20.8 Å². The molecule has 1 aromatic rings. The van der Waals surface area contributed by atoms with E-state index in [1.165, 1.54) is 12.8 Å². The third kappa shape index (κ3) is 4.63. The van der Waals surface area contributed by atoms with E-state index in [1.54, 1.807) is 7.11 Å². The molecule has 0 aliphatic carbocycles. The maximum atomic E-state index is 5.14. The summed E-state index contributed by atoms with van der Waals surface area (Å²) in [7, 11) is 1.70. The normalized spacial score (nSPS) is 21.3. The van der Waals surface area contributed by atoms with Gasteiger partial charge in [0.1, 0.15) is 0 Å². The summed E-state index contributed by atoms with van der Waals surface area (Å²) >= 11 is 0. The number of nitrogens with zero attached hydrogens (tertiary/aromatic N) is 5. The number of likely N-dealkylation sites (tertiary alicyclic amines) is 1. The zero-order valence-corrected chi connectivity index (χ0v) is 14.3. The van der Waals surface area contributed by atoms with Crippen LogP contribution in [-0.2, 0) is 11.3 Å². The van der Waals surface area contributed by atoms with E-state index in [9.17, 15) is 0 Å². The molecule has 0 saturated carbocycles. The molecule has 1 aliphatic rings. The molecule has 6 nitrogen and oxygen atoms in total. The highest BCUT2D eigenvalue weighted by Gasteiger charge is 2.31. The lowest BCUT2D eigenvalue weighted by Crippen LogP contribution is -2.40. The second kappa shape index (κ2) is 8.66. The van der Waals surface area contributed by atoms with Crippen molar-refractivity contribution in [2.24, 2.45) is 11.8 Å². The molecular weight excluding hydrogens is 290 g/mol. The van der Waals surface area contributed by atoms with E-state index in [-0.39, 0.29) is 12.4 Å². The summed E-state index contributed by atoms with van der Waals surface area (Å²) in [6, 6.07) is 0.296. The highest BCUT2D eigenvalue weighted by molar-refractivity contribution is 5.85. The zero-order chi connectivity index (χ0) is 14.5. The first-order valence-corrected chi connectivity index (χ1v) is 7.62. The predicted molar refractivity (Wildman–Crippen MR) is 84.5 cm³/mol. The number of ether oxygens (including phenoxy) is 1. The lowest BCUT2D eigenvalue weighted by molar-refractivity contribution is 0.0903. The largest absolute Gasteiger partial charge is 0.383 e. The standard InChI is InChI=1S/C14H27N5O.ClH/c1-11(2)13(18-7-5-6-12(3)10-18)14-15-16-17-19(14)8-9-20-4;/h11-13H,5-10H2,1-4H3;1H. The van der Waals surface area contributed by atoms with Gasteiger partial charge in [-0.2, -0.15) is 0 Å². The van der Waals surface area contributed by atoms with E-state index in [2.05, 4.69) is 41.2 Å². The fourth-order valence-corrected chi connectivity index (χ4v) is 3.12. The molecule has 0 aromatic carbocycles. The number of aromatic nitrogens is 4. The van der Waals surface area contributed by atoms with Gasteiger partial charge in [0.05, 0.1) is 19.2 Å². The summed E-state index contributed by atoms with van der Waals surface area (Å²) in [5.41, 5.74) is 0. The summed E-state index contributed by atoms with van der Waals surface area (Å²) in [4.78, 5) is 2.55. The van der Waals surface area contributed by atoms with E-state index in [4.69, 9.17) is 4.74 Å². The number of halogens is 1. The molecule has 122 valence electrons. The van der Waals surface area contributed by atoms with Crippen LogP contribution in [0.25, 0.3) is 0 Å². The van der Waals surface area contributed by atoms with Gasteiger partial charge in [0, 0.05) is 13.7 Å². The number of methoxy groups -OCH3 is 1. The molecule has 1 saturated heterocycles. The summed E-state index contributed by atoms with van der Waals surface area (Å²) in [5, 5.41) is 12.3. The Kier molecular flexibility index (Phi) is 7.56. The van der Waals surface area contributed by atoms with Gasteiger partial charge in [-0.05, 0) is 41.6 Å². The van der Waals surface area contributed by atoms with Gasteiger partial charge in [0.15, 0.2) is 5.82 Å². The minimum atomic E-state index is 0. The van der Waals surface area contributed by atoms with Crippen molar-refractivity contribution in [1.29, 1.82) is 0 Å². The molecule has 2 rings (SSSR count). The lowest BCUT2D eigenvalue weighted by atomic mass is 9.94. The quantitative estimate of drug-likeness (QED) is 0.805. The van der Waals surface area contributed by atoms with Gasteiger partial charge in [-0.15, -0.1) is 17.5 Å². The van der Waals surface area contributed by atoms with E-state index in [1.807, 2.05) is 4.68 Å². The molecule has 0 N–H and O–H groups in total. The van der Waals surface area contributed by atoms with Crippen molar-refractivity contribution in [1.82, 2.24) is 25.1 Å². The molecule has 2 heterocycles. The first-order chi connectivity index (χ1) is 9.63. The van der Waals surface area contributed by atoms with Crippen LogP contribution < -0.4 is 0 Å². The maximum Gasteiger partial charge on any atom is 0.168 e. The molecule has 0 amide bonds. The minimum absolute atomic E-state index is 0.